The third-order valence-corrected chi connectivity index (χ3v) is 6.47. The summed E-state index contributed by atoms with van der Waals surface area (Å²) in [6, 6.07) is 4.88. The molecule has 1 aromatic heterocycles. The zero-order valence-electron chi connectivity index (χ0n) is 16.9. The summed E-state index contributed by atoms with van der Waals surface area (Å²) in [5.74, 6) is -0.317. The van der Waals surface area contributed by atoms with Crippen molar-refractivity contribution in [1.82, 2.24) is 20.4 Å². The third kappa shape index (κ3) is 5.83. The second kappa shape index (κ2) is 10.9. The average Bonchev–Trinajstić information content (AvgIpc) is 3.25. The maximum Gasteiger partial charge on any atom is 0.282 e. The Morgan fingerprint density at radius 1 is 1.10 bits per heavy atom. The summed E-state index contributed by atoms with van der Waals surface area (Å²) in [5, 5.41) is 13.0. The molecule has 30 heavy (non-hydrogen) atoms. The van der Waals surface area contributed by atoms with Crippen LogP contribution in [0.1, 0.15) is 52.8 Å². The van der Waals surface area contributed by atoms with E-state index in [-0.39, 0.29) is 11.8 Å². The van der Waals surface area contributed by atoms with E-state index in [1.165, 1.54) is 24.2 Å². The number of nitrogens with zero attached hydrogens (tertiary/aromatic N) is 4. The second-order valence-electron chi connectivity index (χ2n) is 7.11. The number of rotatable bonds is 8. The molecule has 1 aliphatic rings. The highest BCUT2D eigenvalue weighted by atomic mass is 35.5. The van der Waals surface area contributed by atoms with Gasteiger partial charge < -0.3 is 15.1 Å². The molecular weight excluding hydrogens is 445 g/mol. The van der Waals surface area contributed by atoms with Crippen molar-refractivity contribution < 1.29 is 9.59 Å². The highest BCUT2D eigenvalue weighted by Gasteiger charge is 2.26. The SMILES string of the molecule is CCCCCCNC(=O)c1nnc(N2CCN(C(=O)c3cc(Cl)ccc3Cl)CC2)s1. The number of aromatic nitrogens is 2. The van der Waals surface area contributed by atoms with Gasteiger partial charge >= 0.3 is 0 Å². The van der Waals surface area contributed by atoms with Gasteiger partial charge in [-0.1, -0.05) is 60.7 Å². The first-order chi connectivity index (χ1) is 14.5. The Morgan fingerprint density at radius 3 is 2.60 bits per heavy atom. The molecule has 0 unspecified atom stereocenters. The van der Waals surface area contributed by atoms with Gasteiger partial charge in [0, 0.05) is 37.7 Å². The number of nitrogens with one attached hydrogen (secondary N) is 1. The van der Waals surface area contributed by atoms with Crippen molar-refractivity contribution in [3.63, 3.8) is 0 Å². The number of hydrogen-bond acceptors (Lipinski definition) is 6. The minimum absolute atomic E-state index is 0.137. The molecule has 1 fully saturated rings. The van der Waals surface area contributed by atoms with Gasteiger partial charge in [0.25, 0.3) is 11.8 Å². The number of piperazine rings is 1. The molecule has 2 heterocycles. The predicted molar refractivity (Wildman–Crippen MR) is 121 cm³/mol. The number of amides is 2. The number of hydrogen-bond donors (Lipinski definition) is 1. The summed E-state index contributed by atoms with van der Waals surface area (Å²) in [4.78, 5) is 28.8. The largest absolute Gasteiger partial charge is 0.350 e. The van der Waals surface area contributed by atoms with Crippen LogP contribution in [0.3, 0.4) is 0 Å². The summed E-state index contributed by atoms with van der Waals surface area (Å²) in [6.45, 7) is 5.08. The van der Waals surface area contributed by atoms with E-state index in [4.69, 9.17) is 23.2 Å². The van der Waals surface area contributed by atoms with Crippen molar-refractivity contribution >= 4 is 51.5 Å². The van der Waals surface area contributed by atoms with Crippen LogP contribution in [-0.4, -0.2) is 59.6 Å². The van der Waals surface area contributed by atoms with Gasteiger partial charge in [-0.05, 0) is 24.6 Å². The van der Waals surface area contributed by atoms with E-state index in [2.05, 4.69) is 22.4 Å². The van der Waals surface area contributed by atoms with E-state index in [1.807, 2.05) is 4.90 Å². The van der Waals surface area contributed by atoms with Gasteiger partial charge in [0.1, 0.15) is 0 Å². The van der Waals surface area contributed by atoms with Crippen molar-refractivity contribution in [2.75, 3.05) is 37.6 Å². The Balaban J connectivity index is 1.51. The van der Waals surface area contributed by atoms with Crippen molar-refractivity contribution in [2.45, 2.75) is 32.6 Å². The minimum atomic E-state index is -0.181. The molecule has 1 aromatic carbocycles. The molecule has 0 bridgehead atoms. The standard InChI is InChI=1S/C20H25Cl2N5O2S/c1-2-3-4-5-8-23-17(28)18-24-25-20(30-18)27-11-9-26(10-12-27)19(29)15-13-14(21)6-7-16(15)22/h6-7,13H,2-5,8-12H2,1H3,(H,23,28). The Labute approximate surface area is 190 Å². The van der Waals surface area contributed by atoms with Crippen molar-refractivity contribution in [1.29, 1.82) is 0 Å². The van der Waals surface area contributed by atoms with Crippen LogP contribution >= 0.6 is 34.5 Å². The van der Waals surface area contributed by atoms with Crippen LogP contribution in [0.5, 0.6) is 0 Å². The maximum absolute atomic E-state index is 12.8. The van der Waals surface area contributed by atoms with Gasteiger partial charge in [-0.25, -0.2) is 0 Å². The molecule has 1 saturated heterocycles. The lowest BCUT2D eigenvalue weighted by Gasteiger charge is -2.34. The van der Waals surface area contributed by atoms with E-state index < -0.39 is 0 Å². The van der Waals surface area contributed by atoms with Gasteiger partial charge in [-0.3, -0.25) is 9.59 Å². The Morgan fingerprint density at radius 2 is 1.87 bits per heavy atom. The summed E-state index contributed by atoms with van der Waals surface area (Å²) < 4.78 is 0. The molecule has 0 aliphatic carbocycles. The monoisotopic (exact) mass is 469 g/mol. The zero-order valence-corrected chi connectivity index (χ0v) is 19.2. The van der Waals surface area contributed by atoms with Gasteiger partial charge in [0.15, 0.2) is 0 Å². The van der Waals surface area contributed by atoms with Gasteiger partial charge in [-0.2, -0.15) is 0 Å². The van der Waals surface area contributed by atoms with Crippen LogP contribution in [0.2, 0.25) is 10.0 Å². The first-order valence-corrected chi connectivity index (χ1v) is 11.7. The summed E-state index contributed by atoms with van der Waals surface area (Å²) in [5.41, 5.74) is 0.409. The molecule has 0 saturated carbocycles. The molecule has 2 aromatic rings. The topological polar surface area (TPSA) is 78.4 Å². The lowest BCUT2D eigenvalue weighted by molar-refractivity contribution is 0.0746. The zero-order chi connectivity index (χ0) is 21.5. The fourth-order valence-electron chi connectivity index (χ4n) is 3.20. The van der Waals surface area contributed by atoms with Crippen molar-refractivity contribution in [2.24, 2.45) is 0 Å². The first-order valence-electron chi connectivity index (χ1n) is 10.1. The number of unbranched alkanes of at least 4 members (excludes halogenated alkanes) is 3. The molecule has 7 nitrogen and oxygen atoms in total. The molecule has 2 amide bonds. The van der Waals surface area contributed by atoms with Gasteiger partial charge in [0.2, 0.25) is 10.1 Å². The average molecular weight is 470 g/mol. The molecule has 0 spiro atoms. The van der Waals surface area contributed by atoms with Crippen LogP contribution in [0, 0.1) is 0 Å². The lowest BCUT2D eigenvalue weighted by Crippen LogP contribution is -2.48. The summed E-state index contributed by atoms with van der Waals surface area (Å²) in [6.07, 6.45) is 4.43. The molecule has 0 radical (unpaired) electrons. The summed E-state index contributed by atoms with van der Waals surface area (Å²) in [7, 11) is 0. The lowest BCUT2D eigenvalue weighted by atomic mass is 10.2. The Kier molecular flexibility index (Phi) is 8.30. The van der Waals surface area contributed by atoms with Crippen LogP contribution < -0.4 is 10.2 Å². The first kappa shape index (κ1) is 22.8. The van der Waals surface area contributed by atoms with Crippen LogP contribution in [0.15, 0.2) is 18.2 Å². The molecule has 162 valence electrons. The highest BCUT2D eigenvalue weighted by Crippen LogP contribution is 2.25. The Hall–Kier alpha value is -1.90. The maximum atomic E-state index is 12.8. The van der Waals surface area contributed by atoms with Crippen molar-refractivity contribution in [3.8, 4) is 0 Å². The van der Waals surface area contributed by atoms with Crippen molar-refractivity contribution in [3.05, 3.63) is 38.8 Å². The number of carbonyl (C=O) groups excluding carboxylic acids is 2. The number of benzene rings is 1. The molecule has 1 aliphatic heterocycles. The van der Waals surface area contributed by atoms with Gasteiger partial charge in [-0.15, -0.1) is 10.2 Å². The second-order valence-corrected chi connectivity index (χ2v) is 8.91. The quantitative estimate of drug-likeness (QED) is 0.588. The number of anilines is 1. The number of halogens is 2. The molecular formula is C20H25Cl2N5O2S. The predicted octanol–water partition coefficient (Wildman–Crippen LogP) is 4.12. The van der Waals surface area contributed by atoms with E-state index in [0.717, 1.165) is 12.8 Å². The third-order valence-electron chi connectivity index (χ3n) is 4.92. The molecule has 0 atom stereocenters. The summed E-state index contributed by atoms with van der Waals surface area (Å²) >= 11 is 13.4. The fourth-order valence-corrected chi connectivity index (χ4v) is 4.38. The van der Waals surface area contributed by atoms with E-state index in [1.54, 1.807) is 23.1 Å². The van der Waals surface area contributed by atoms with Crippen LogP contribution in [-0.2, 0) is 0 Å². The van der Waals surface area contributed by atoms with Crippen LogP contribution in [0.4, 0.5) is 5.13 Å². The minimum Gasteiger partial charge on any atom is -0.350 e. The Bertz CT molecular complexity index is 884. The van der Waals surface area contributed by atoms with E-state index >= 15 is 0 Å². The molecule has 10 heteroatoms. The van der Waals surface area contributed by atoms with Crippen LogP contribution in [0.25, 0.3) is 0 Å². The smallest absolute Gasteiger partial charge is 0.282 e. The molecule has 3 rings (SSSR count). The van der Waals surface area contributed by atoms with E-state index in [0.29, 0.717) is 58.5 Å². The van der Waals surface area contributed by atoms with E-state index in [9.17, 15) is 9.59 Å². The van der Waals surface area contributed by atoms with Gasteiger partial charge in [0.05, 0.1) is 10.6 Å². The highest BCUT2D eigenvalue weighted by molar-refractivity contribution is 7.17. The fraction of sp³-hybridized carbons (Fsp3) is 0.500. The molecule has 1 N–H and O–H groups in total. The number of carbonyl (C=O) groups is 2. The normalized spacial score (nSPS) is 14.1.